The molecule has 0 saturated heterocycles. The Kier molecular flexibility index (Phi) is 8.73. The van der Waals surface area contributed by atoms with Gasteiger partial charge in [-0.1, -0.05) is 56.3 Å². The van der Waals surface area contributed by atoms with Crippen LogP contribution in [-0.2, 0) is 22.6 Å². The Morgan fingerprint density at radius 3 is 2.23 bits per heavy atom. The molecule has 0 spiro atoms. The van der Waals surface area contributed by atoms with Gasteiger partial charge in [0.2, 0.25) is 11.8 Å². The van der Waals surface area contributed by atoms with Gasteiger partial charge in [0, 0.05) is 24.2 Å². The van der Waals surface area contributed by atoms with Gasteiger partial charge < -0.3 is 10.2 Å². The summed E-state index contributed by atoms with van der Waals surface area (Å²) in [6.07, 6.45) is 1.08. The standard InChI is InChI=1S/C24H31N3O4/c1-5-18(4)25-24(29)21(6-2)26(16-20-13-8-7-11-17(20)3)23(28)15-19-12-9-10-14-22(19)27(30)31/h7-14,18,21H,5-6,15-16H2,1-4H3,(H,25,29)/t18-,21-/m1/s1. The Bertz CT molecular complexity index is 929. The fourth-order valence-corrected chi connectivity index (χ4v) is 3.43. The molecule has 2 atom stereocenters. The van der Waals surface area contributed by atoms with Gasteiger partial charge in [-0.25, -0.2) is 0 Å². The van der Waals surface area contributed by atoms with E-state index in [0.29, 0.717) is 12.0 Å². The van der Waals surface area contributed by atoms with Gasteiger partial charge in [0.15, 0.2) is 0 Å². The van der Waals surface area contributed by atoms with Crippen LogP contribution in [-0.4, -0.2) is 33.7 Å². The van der Waals surface area contributed by atoms with Crippen molar-refractivity contribution < 1.29 is 14.5 Å². The molecule has 31 heavy (non-hydrogen) atoms. The van der Waals surface area contributed by atoms with E-state index in [2.05, 4.69) is 5.32 Å². The molecule has 7 nitrogen and oxygen atoms in total. The van der Waals surface area contributed by atoms with Crippen molar-refractivity contribution in [2.24, 2.45) is 0 Å². The van der Waals surface area contributed by atoms with E-state index in [4.69, 9.17) is 0 Å². The van der Waals surface area contributed by atoms with Crippen LogP contribution in [0.4, 0.5) is 5.69 Å². The minimum absolute atomic E-state index is 0.00725. The third-order valence-corrected chi connectivity index (χ3v) is 5.52. The summed E-state index contributed by atoms with van der Waals surface area (Å²) in [6.45, 7) is 7.99. The fourth-order valence-electron chi connectivity index (χ4n) is 3.43. The topological polar surface area (TPSA) is 92.6 Å². The van der Waals surface area contributed by atoms with E-state index in [1.165, 1.54) is 6.07 Å². The first-order chi connectivity index (χ1) is 14.8. The quantitative estimate of drug-likeness (QED) is 0.457. The Balaban J connectivity index is 2.38. The third-order valence-electron chi connectivity index (χ3n) is 5.52. The van der Waals surface area contributed by atoms with E-state index in [1.807, 2.05) is 52.0 Å². The Hall–Kier alpha value is -3.22. The predicted molar refractivity (Wildman–Crippen MR) is 121 cm³/mol. The van der Waals surface area contributed by atoms with Crippen molar-refractivity contribution in [3.05, 3.63) is 75.3 Å². The molecule has 0 aliphatic carbocycles. The van der Waals surface area contributed by atoms with Crippen molar-refractivity contribution in [1.82, 2.24) is 10.2 Å². The maximum atomic E-state index is 13.4. The molecule has 166 valence electrons. The van der Waals surface area contributed by atoms with E-state index in [1.54, 1.807) is 23.1 Å². The molecule has 0 radical (unpaired) electrons. The summed E-state index contributed by atoms with van der Waals surface area (Å²) in [6, 6.07) is 13.3. The minimum atomic E-state index is -0.663. The molecule has 0 aromatic heterocycles. The molecule has 0 bridgehead atoms. The minimum Gasteiger partial charge on any atom is -0.352 e. The average Bonchev–Trinajstić information content (AvgIpc) is 2.74. The lowest BCUT2D eigenvalue weighted by Crippen LogP contribution is -2.51. The van der Waals surface area contributed by atoms with Gasteiger partial charge in [-0.2, -0.15) is 0 Å². The lowest BCUT2D eigenvalue weighted by atomic mass is 10.0. The van der Waals surface area contributed by atoms with E-state index in [-0.39, 0.29) is 36.5 Å². The van der Waals surface area contributed by atoms with Crippen LogP contribution in [0.2, 0.25) is 0 Å². The van der Waals surface area contributed by atoms with Crippen LogP contribution in [0.25, 0.3) is 0 Å². The highest BCUT2D eigenvalue weighted by Crippen LogP contribution is 2.22. The first kappa shape index (κ1) is 24.1. The number of nitrogens with zero attached hydrogens (tertiary/aromatic N) is 2. The van der Waals surface area contributed by atoms with Crippen LogP contribution < -0.4 is 5.32 Å². The highest BCUT2D eigenvalue weighted by molar-refractivity contribution is 5.89. The van der Waals surface area contributed by atoms with Gasteiger partial charge in [0.25, 0.3) is 5.69 Å². The molecule has 7 heteroatoms. The van der Waals surface area contributed by atoms with Crippen molar-refractivity contribution in [2.45, 2.75) is 65.6 Å². The maximum absolute atomic E-state index is 13.4. The molecule has 1 N–H and O–H groups in total. The van der Waals surface area contributed by atoms with E-state index >= 15 is 0 Å². The number of carbonyl (C=O) groups is 2. The maximum Gasteiger partial charge on any atom is 0.273 e. The highest BCUT2D eigenvalue weighted by atomic mass is 16.6. The molecule has 0 unspecified atom stereocenters. The van der Waals surface area contributed by atoms with E-state index in [0.717, 1.165) is 17.5 Å². The normalized spacial score (nSPS) is 12.6. The fraction of sp³-hybridized carbons (Fsp3) is 0.417. The van der Waals surface area contributed by atoms with Gasteiger partial charge in [-0.05, 0) is 37.8 Å². The zero-order valence-electron chi connectivity index (χ0n) is 18.6. The number of hydrogen-bond acceptors (Lipinski definition) is 4. The lowest BCUT2D eigenvalue weighted by molar-refractivity contribution is -0.385. The third kappa shape index (κ3) is 6.38. The first-order valence-corrected chi connectivity index (χ1v) is 10.6. The largest absolute Gasteiger partial charge is 0.352 e. The lowest BCUT2D eigenvalue weighted by Gasteiger charge is -2.32. The number of benzene rings is 2. The number of amides is 2. The molecule has 0 fully saturated rings. The number of hydrogen-bond donors (Lipinski definition) is 1. The molecule has 2 aromatic carbocycles. The van der Waals surface area contributed by atoms with Crippen molar-refractivity contribution >= 4 is 17.5 Å². The number of aryl methyl sites for hydroxylation is 1. The summed E-state index contributed by atoms with van der Waals surface area (Å²) in [7, 11) is 0. The summed E-state index contributed by atoms with van der Waals surface area (Å²) >= 11 is 0. The van der Waals surface area contributed by atoms with E-state index in [9.17, 15) is 19.7 Å². The van der Waals surface area contributed by atoms with Crippen molar-refractivity contribution in [1.29, 1.82) is 0 Å². The Labute approximate surface area is 183 Å². The Morgan fingerprint density at radius 2 is 1.65 bits per heavy atom. The summed E-state index contributed by atoms with van der Waals surface area (Å²) < 4.78 is 0. The second-order valence-electron chi connectivity index (χ2n) is 7.75. The van der Waals surface area contributed by atoms with Crippen LogP contribution in [0.15, 0.2) is 48.5 Å². The molecule has 0 aliphatic heterocycles. The molecule has 2 amide bonds. The van der Waals surface area contributed by atoms with Crippen molar-refractivity contribution in [3.8, 4) is 0 Å². The summed E-state index contributed by atoms with van der Waals surface area (Å²) in [5.74, 6) is -0.523. The SMILES string of the molecule is CC[C@@H](C)NC(=O)[C@@H](CC)N(Cc1ccccc1C)C(=O)Cc1ccccc1[N+](=O)[O-]. The second-order valence-corrected chi connectivity index (χ2v) is 7.75. The summed E-state index contributed by atoms with van der Waals surface area (Å²) in [5, 5.41) is 14.3. The van der Waals surface area contributed by atoms with Crippen LogP contribution >= 0.6 is 0 Å². The van der Waals surface area contributed by atoms with Crippen LogP contribution in [0.5, 0.6) is 0 Å². The van der Waals surface area contributed by atoms with Crippen LogP contribution in [0.1, 0.15) is 50.3 Å². The molecule has 2 rings (SSSR count). The predicted octanol–water partition coefficient (Wildman–Crippen LogP) is 4.17. The summed E-state index contributed by atoms with van der Waals surface area (Å²) in [5.41, 5.74) is 2.20. The molecule has 0 heterocycles. The van der Waals surface area contributed by atoms with Gasteiger partial charge >= 0.3 is 0 Å². The summed E-state index contributed by atoms with van der Waals surface area (Å²) in [4.78, 5) is 38.8. The number of rotatable bonds is 10. The van der Waals surface area contributed by atoms with Crippen molar-refractivity contribution in [2.75, 3.05) is 0 Å². The monoisotopic (exact) mass is 425 g/mol. The number of nitro benzene ring substituents is 1. The molecule has 0 saturated carbocycles. The number of carbonyl (C=O) groups excluding carboxylic acids is 2. The van der Waals surface area contributed by atoms with Crippen LogP contribution in [0.3, 0.4) is 0 Å². The average molecular weight is 426 g/mol. The highest BCUT2D eigenvalue weighted by Gasteiger charge is 2.30. The van der Waals surface area contributed by atoms with Gasteiger partial charge in [0.1, 0.15) is 6.04 Å². The van der Waals surface area contributed by atoms with Gasteiger partial charge in [-0.15, -0.1) is 0 Å². The molecule has 0 aliphatic rings. The van der Waals surface area contributed by atoms with Gasteiger partial charge in [-0.3, -0.25) is 19.7 Å². The van der Waals surface area contributed by atoms with Crippen molar-refractivity contribution in [3.63, 3.8) is 0 Å². The molecular formula is C24H31N3O4. The number of para-hydroxylation sites is 1. The molecule has 2 aromatic rings. The molecular weight excluding hydrogens is 394 g/mol. The van der Waals surface area contributed by atoms with Crippen LogP contribution in [0, 0.1) is 17.0 Å². The number of nitro groups is 1. The van der Waals surface area contributed by atoms with Gasteiger partial charge in [0.05, 0.1) is 11.3 Å². The number of nitrogens with one attached hydrogen (secondary N) is 1. The zero-order chi connectivity index (χ0) is 23.0. The zero-order valence-corrected chi connectivity index (χ0v) is 18.6. The Morgan fingerprint density at radius 1 is 1.03 bits per heavy atom. The smallest absolute Gasteiger partial charge is 0.273 e. The second kappa shape index (κ2) is 11.2. The van der Waals surface area contributed by atoms with E-state index < -0.39 is 11.0 Å². The first-order valence-electron chi connectivity index (χ1n) is 10.6.